The molecule has 17 heavy (non-hydrogen) atoms. The van der Waals surface area contributed by atoms with E-state index in [1.165, 1.54) is 10.4 Å². The lowest BCUT2D eigenvalue weighted by Crippen LogP contribution is -2.29. The van der Waals surface area contributed by atoms with E-state index in [2.05, 4.69) is 35.1 Å². The fourth-order valence-electron chi connectivity index (χ4n) is 1.61. The van der Waals surface area contributed by atoms with E-state index in [1.54, 1.807) is 17.7 Å². The first-order valence-electron chi connectivity index (χ1n) is 5.41. The molecule has 0 unspecified atom stereocenters. The number of hydrogen-bond donors (Lipinski definition) is 1. The number of nitrogens with one attached hydrogen (secondary N) is 1. The Morgan fingerprint density at radius 3 is 2.71 bits per heavy atom. The first kappa shape index (κ1) is 11.9. The van der Waals surface area contributed by atoms with Crippen molar-refractivity contribution in [1.29, 1.82) is 0 Å². The lowest BCUT2D eigenvalue weighted by molar-refractivity contribution is 0.737. The molecule has 4 heteroatoms. The molecule has 0 aliphatic carbocycles. The molecule has 3 nitrogen and oxygen atoms in total. The molecule has 0 atom stereocenters. The second-order valence-corrected chi connectivity index (χ2v) is 5.78. The monoisotopic (exact) mass is 245 g/mol. The van der Waals surface area contributed by atoms with Gasteiger partial charge in [-0.25, -0.2) is 9.97 Å². The van der Waals surface area contributed by atoms with Crippen molar-refractivity contribution in [2.45, 2.75) is 33.2 Å². The van der Waals surface area contributed by atoms with Crippen molar-refractivity contribution in [3.63, 3.8) is 0 Å². The van der Waals surface area contributed by atoms with Crippen LogP contribution < -0.4 is 5.32 Å². The summed E-state index contributed by atoms with van der Waals surface area (Å²) in [7, 11) is 0. The maximum atomic E-state index is 5.49. The number of fused-ring (bicyclic) bond motifs is 1. The molecular formula is C13H15N3S. The van der Waals surface area contributed by atoms with E-state index in [-0.39, 0.29) is 0 Å². The first-order chi connectivity index (χ1) is 7.94. The summed E-state index contributed by atoms with van der Waals surface area (Å²) in [6.07, 6.45) is 7.06. The van der Waals surface area contributed by atoms with Crippen molar-refractivity contribution in [2.75, 3.05) is 5.32 Å². The van der Waals surface area contributed by atoms with Gasteiger partial charge in [-0.15, -0.1) is 17.8 Å². The van der Waals surface area contributed by atoms with Crippen LogP contribution in [0.4, 0.5) is 5.82 Å². The van der Waals surface area contributed by atoms with Crippen LogP contribution in [-0.4, -0.2) is 15.5 Å². The molecule has 0 bridgehead atoms. The molecule has 0 aliphatic rings. The number of rotatable bonds is 2. The quantitative estimate of drug-likeness (QED) is 0.826. The molecule has 1 N–H and O–H groups in total. The summed E-state index contributed by atoms with van der Waals surface area (Å²) in [6.45, 7) is 8.09. The Balaban J connectivity index is 2.59. The molecule has 0 saturated heterocycles. The number of hydrogen-bond acceptors (Lipinski definition) is 4. The Kier molecular flexibility index (Phi) is 2.80. The highest BCUT2D eigenvalue weighted by atomic mass is 32.1. The summed E-state index contributed by atoms with van der Waals surface area (Å²) in [5, 5.41) is 4.37. The molecule has 0 radical (unpaired) electrons. The molecule has 2 heterocycles. The maximum absolute atomic E-state index is 5.49. The van der Waals surface area contributed by atoms with Gasteiger partial charge in [-0.05, 0) is 33.3 Å². The van der Waals surface area contributed by atoms with Crippen LogP contribution in [0.5, 0.6) is 0 Å². The van der Waals surface area contributed by atoms with Crippen molar-refractivity contribution in [3.8, 4) is 12.3 Å². The van der Waals surface area contributed by atoms with E-state index in [0.29, 0.717) is 0 Å². The van der Waals surface area contributed by atoms with Gasteiger partial charge in [0.05, 0.1) is 10.9 Å². The predicted molar refractivity (Wildman–Crippen MR) is 73.4 cm³/mol. The van der Waals surface area contributed by atoms with Crippen LogP contribution in [0.25, 0.3) is 10.2 Å². The second kappa shape index (κ2) is 4.01. The van der Waals surface area contributed by atoms with Gasteiger partial charge >= 0.3 is 0 Å². The van der Waals surface area contributed by atoms with Crippen molar-refractivity contribution in [2.24, 2.45) is 0 Å². The van der Waals surface area contributed by atoms with Crippen LogP contribution in [0, 0.1) is 26.2 Å². The molecule has 0 aromatic carbocycles. The van der Waals surface area contributed by atoms with Crippen LogP contribution in [-0.2, 0) is 0 Å². The summed E-state index contributed by atoms with van der Waals surface area (Å²) < 4.78 is 0. The van der Waals surface area contributed by atoms with Gasteiger partial charge in [0.25, 0.3) is 0 Å². The van der Waals surface area contributed by atoms with E-state index in [4.69, 9.17) is 6.42 Å². The third kappa shape index (κ3) is 2.11. The summed E-state index contributed by atoms with van der Waals surface area (Å²) in [5.74, 6) is 3.53. The SMILES string of the molecule is C#CC(C)(C)Nc1ncnc2sc(C)c(C)c12. The van der Waals surface area contributed by atoms with Gasteiger partial charge in [0.1, 0.15) is 17.0 Å². The minimum atomic E-state index is -0.413. The van der Waals surface area contributed by atoms with Gasteiger partial charge in [0.15, 0.2) is 0 Å². The Hall–Kier alpha value is -1.60. The Morgan fingerprint density at radius 2 is 2.06 bits per heavy atom. The number of aromatic nitrogens is 2. The molecule has 2 rings (SSSR count). The van der Waals surface area contributed by atoms with Gasteiger partial charge in [-0.3, -0.25) is 0 Å². The molecule has 2 aromatic heterocycles. The maximum Gasteiger partial charge on any atom is 0.139 e. The van der Waals surface area contributed by atoms with Gasteiger partial charge in [-0.2, -0.15) is 0 Å². The van der Waals surface area contributed by atoms with E-state index in [1.807, 2.05) is 13.8 Å². The molecule has 0 saturated carbocycles. The topological polar surface area (TPSA) is 37.8 Å². The number of anilines is 1. The average Bonchev–Trinajstić information content (AvgIpc) is 2.56. The molecule has 0 amide bonds. The molecule has 0 fully saturated rings. The summed E-state index contributed by atoms with van der Waals surface area (Å²) in [4.78, 5) is 10.9. The summed E-state index contributed by atoms with van der Waals surface area (Å²) in [6, 6.07) is 0. The third-order valence-corrected chi connectivity index (χ3v) is 3.87. The van der Waals surface area contributed by atoms with Gasteiger partial charge < -0.3 is 5.32 Å². The van der Waals surface area contributed by atoms with Crippen LogP contribution in [0.2, 0.25) is 0 Å². The molecular weight excluding hydrogens is 230 g/mol. The van der Waals surface area contributed by atoms with Crippen molar-refractivity contribution in [3.05, 3.63) is 16.8 Å². The first-order valence-corrected chi connectivity index (χ1v) is 6.23. The summed E-state index contributed by atoms with van der Waals surface area (Å²) in [5.41, 5.74) is 0.810. The van der Waals surface area contributed by atoms with Crippen molar-refractivity contribution < 1.29 is 0 Å². The Labute approximate surface area is 105 Å². The molecule has 0 aliphatic heterocycles. The van der Waals surface area contributed by atoms with Crippen molar-refractivity contribution in [1.82, 2.24) is 9.97 Å². The lowest BCUT2D eigenvalue weighted by atomic mass is 10.1. The zero-order valence-corrected chi connectivity index (χ0v) is 11.3. The summed E-state index contributed by atoms with van der Waals surface area (Å²) >= 11 is 1.68. The highest BCUT2D eigenvalue weighted by Crippen LogP contribution is 2.33. The Bertz CT molecular complexity index is 605. The lowest BCUT2D eigenvalue weighted by Gasteiger charge is -2.20. The minimum Gasteiger partial charge on any atom is -0.354 e. The number of thiophene rings is 1. The standard InChI is InChI=1S/C13H15N3S/c1-6-13(4,5)16-11-10-8(2)9(3)17-12(10)15-7-14-11/h1,7H,2-5H3,(H,14,15,16). The number of nitrogens with zero attached hydrogens (tertiary/aromatic N) is 2. The van der Waals surface area contributed by atoms with Gasteiger partial charge in [0, 0.05) is 4.88 Å². The van der Waals surface area contributed by atoms with Crippen LogP contribution in [0.1, 0.15) is 24.3 Å². The van der Waals surface area contributed by atoms with Gasteiger partial charge in [-0.1, -0.05) is 5.92 Å². The average molecular weight is 245 g/mol. The van der Waals surface area contributed by atoms with Crippen molar-refractivity contribution >= 4 is 27.4 Å². The molecule has 88 valence electrons. The van der Waals surface area contributed by atoms with E-state index < -0.39 is 5.54 Å². The van der Waals surface area contributed by atoms with Crippen LogP contribution in [0.15, 0.2) is 6.33 Å². The Morgan fingerprint density at radius 1 is 1.35 bits per heavy atom. The smallest absolute Gasteiger partial charge is 0.139 e. The zero-order valence-electron chi connectivity index (χ0n) is 10.5. The zero-order chi connectivity index (χ0) is 12.6. The normalized spacial score (nSPS) is 11.5. The van der Waals surface area contributed by atoms with E-state index in [9.17, 15) is 0 Å². The number of aryl methyl sites for hydroxylation is 2. The largest absolute Gasteiger partial charge is 0.354 e. The minimum absolute atomic E-state index is 0.413. The highest BCUT2D eigenvalue weighted by Gasteiger charge is 2.18. The van der Waals surface area contributed by atoms with Gasteiger partial charge in [0.2, 0.25) is 0 Å². The van der Waals surface area contributed by atoms with E-state index >= 15 is 0 Å². The second-order valence-electron chi connectivity index (χ2n) is 4.58. The third-order valence-electron chi connectivity index (χ3n) is 2.76. The van der Waals surface area contributed by atoms with Crippen LogP contribution >= 0.6 is 11.3 Å². The van der Waals surface area contributed by atoms with Crippen LogP contribution in [0.3, 0.4) is 0 Å². The highest BCUT2D eigenvalue weighted by molar-refractivity contribution is 7.18. The van der Waals surface area contributed by atoms with E-state index in [0.717, 1.165) is 16.0 Å². The number of terminal acetylenes is 1. The fraction of sp³-hybridized carbons (Fsp3) is 0.385. The fourth-order valence-corrected chi connectivity index (χ4v) is 2.61. The predicted octanol–water partition coefficient (Wildman–Crippen LogP) is 3.13. The molecule has 0 spiro atoms. The molecule has 2 aromatic rings.